The molecule has 1 aliphatic rings. The summed E-state index contributed by atoms with van der Waals surface area (Å²) in [5, 5.41) is 0. The molecule has 1 amide bonds. The number of hydrogen-bond acceptors (Lipinski definition) is 3. The van der Waals surface area contributed by atoms with Crippen LogP contribution in [0.3, 0.4) is 0 Å². The highest BCUT2D eigenvalue weighted by molar-refractivity contribution is 5.84. The second kappa shape index (κ2) is 5.08. The first-order chi connectivity index (χ1) is 8.57. The molecule has 2 rings (SSSR count). The zero-order valence-corrected chi connectivity index (χ0v) is 11.0. The molecule has 1 fully saturated rings. The predicted octanol–water partition coefficient (Wildman–Crippen LogP) is 0.929. The van der Waals surface area contributed by atoms with E-state index < -0.39 is 5.41 Å². The van der Waals surface area contributed by atoms with Crippen molar-refractivity contribution < 1.29 is 9.53 Å². The van der Waals surface area contributed by atoms with Gasteiger partial charge < -0.3 is 15.4 Å². The molecule has 0 bridgehead atoms. The Kier molecular flexibility index (Phi) is 3.68. The lowest BCUT2D eigenvalue weighted by Crippen LogP contribution is -2.58. The zero-order chi connectivity index (χ0) is 13.2. The first-order valence-corrected chi connectivity index (χ1v) is 6.16. The fourth-order valence-corrected chi connectivity index (χ4v) is 2.12. The molecular formula is C14H20N2O2. The Morgan fingerprint density at radius 3 is 2.44 bits per heavy atom. The van der Waals surface area contributed by atoms with Crippen LogP contribution in [-0.2, 0) is 16.1 Å². The van der Waals surface area contributed by atoms with Gasteiger partial charge >= 0.3 is 0 Å². The molecule has 1 aliphatic heterocycles. The molecule has 0 radical (unpaired) electrons. The number of carbonyl (C=O) groups excluding carboxylic acids is 1. The summed E-state index contributed by atoms with van der Waals surface area (Å²) in [6.45, 7) is 3.90. The second-order valence-corrected chi connectivity index (χ2v) is 5.12. The van der Waals surface area contributed by atoms with Crippen LogP contribution < -0.4 is 5.73 Å². The minimum absolute atomic E-state index is 0.0804. The van der Waals surface area contributed by atoms with Gasteiger partial charge in [-0.25, -0.2) is 0 Å². The Bertz CT molecular complexity index is 418. The topological polar surface area (TPSA) is 55.6 Å². The second-order valence-electron chi connectivity index (χ2n) is 5.12. The van der Waals surface area contributed by atoms with E-state index in [0.717, 1.165) is 5.56 Å². The molecule has 1 aromatic rings. The van der Waals surface area contributed by atoms with Gasteiger partial charge in [-0.1, -0.05) is 29.8 Å². The largest absolute Gasteiger partial charge is 0.379 e. The van der Waals surface area contributed by atoms with Crippen LogP contribution in [0.25, 0.3) is 0 Å². The lowest BCUT2D eigenvalue weighted by atomic mass is 9.84. The molecule has 0 unspecified atom stereocenters. The Morgan fingerprint density at radius 2 is 2.00 bits per heavy atom. The SMILES string of the molecule is Cc1ccc(CN(C)C(=O)C2(CN)COC2)cc1. The van der Waals surface area contributed by atoms with Crippen molar-refractivity contribution in [3.8, 4) is 0 Å². The van der Waals surface area contributed by atoms with Gasteiger partial charge in [-0.2, -0.15) is 0 Å². The van der Waals surface area contributed by atoms with E-state index in [1.54, 1.807) is 4.90 Å². The number of amides is 1. The van der Waals surface area contributed by atoms with Crippen molar-refractivity contribution in [3.05, 3.63) is 35.4 Å². The molecule has 98 valence electrons. The van der Waals surface area contributed by atoms with Gasteiger partial charge in [-0.3, -0.25) is 4.79 Å². The molecule has 1 aromatic carbocycles. The number of aryl methyl sites for hydroxylation is 1. The van der Waals surface area contributed by atoms with Gasteiger partial charge in [0.2, 0.25) is 5.91 Å². The number of rotatable bonds is 4. The lowest BCUT2D eigenvalue weighted by molar-refractivity contribution is -0.169. The highest BCUT2D eigenvalue weighted by atomic mass is 16.5. The number of ether oxygens (including phenoxy) is 1. The Labute approximate surface area is 108 Å². The van der Waals surface area contributed by atoms with Gasteiger partial charge in [0.05, 0.1) is 13.2 Å². The van der Waals surface area contributed by atoms with E-state index in [1.165, 1.54) is 5.56 Å². The van der Waals surface area contributed by atoms with Crippen LogP contribution in [-0.4, -0.2) is 37.6 Å². The van der Waals surface area contributed by atoms with E-state index in [0.29, 0.717) is 26.3 Å². The minimum atomic E-state index is -0.487. The maximum absolute atomic E-state index is 12.3. The van der Waals surface area contributed by atoms with E-state index in [9.17, 15) is 4.79 Å². The fourth-order valence-electron chi connectivity index (χ4n) is 2.12. The summed E-state index contributed by atoms with van der Waals surface area (Å²) in [7, 11) is 1.82. The Balaban J connectivity index is 2.01. The molecule has 0 spiro atoms. The summed E-state index contributed by atoms with van der Waals surface area (Å²) in [6, 6.07) is 8.20. The van der Waals surface area contributed by atoms with Gasteiger partial charge in [0.1, 0.15) is 5.41 Å². The van der Waals surface area contributed by atoms with Crippen LogP contribution in [0.5, 0.6) is 0 Å². The molecule has 0 saturated carbocycles. The number of hydrogen-bond donors (Lipinski definition) is 1. The van der Waals surface area contributed by atoms with E-state index in [2.05, 4.69) is 12.1 Å². The van der Waals surface area contributed by atoms with Crippen LogP contribution >= 0.6 is 0 Å². The molecule has 4 nitrogen and oxygen atoms in total. The highest BCUT2D eigenvalue weighted by Gasteiger charge is 2.46. The van der Waals surface area contributed by atoms with Crippen molar-refractivity contribution in [1.82, 2.24) is 4.90 Å². The highest BCUT2D eigenvalue weighted by Crippen LogP contribution is 2.28. The monoisotopic (exact) mass is 248 g/mol. The van der Waals surface area contributed by atoms with Gasteiger partial charge in [0, 0.05) is 20.1 Å². The summed E-state index contributed by atoms with van der Waals surface area (Å²) in [4.78, 5) is 14.1. The quantitative estimate of drug-likeness (QED) is 0.862. The molecule has 0 aromatic heterocycles. The third-order valence-corrected chi connectivity index (χ3v) is 3.49. The zero-order valence-electron chi connectivity index (χ0n) is 11.0. The van der Waals surface area contributed by atoms with Crippen molar-refractivity contribution in [2.24, 2.45) is 11.1 Å². The summed E-state index contributed by atoms with van der Waals surface area (Å²) >= 11 is 0. The van der Waals surface area contributed by atoms with Crippen LogP contribution in [0.15, 0.2) is 24.3 Å². The summed E-state index contributed by atoms with van der Waals surface area (Å²) in [5.74, 6) is 0.0804. The van der Waals surface area contributed by atoms with Gasteiger partial charge in [-0.15, -0.1) is 0 Å². The minimum Gasteiger partial charge on any atom is -0.379 e. The molecule has 18 heavy (non-hydrogen) atoms. The standard InChI is InChI=1S/C14H20N2O2/c1-11-3-5-12(6-4-11)7-16(2)13(17)14(8-15)9-18-10-14/h3-6H,7-10,15H2,1-2H3. The molecule has 1 heterocycles. The van der Waals surface area contributed by atoms with E-state index >= 15 is 0 Å². The van der Waals surface area contributed by atoms with Crippen molar-refractivity contribution in [2.75, 3.05) is 26.8 Å². The van der Waals surface area contributed by atoms with E-state index in [1.807, 2.05) is 26.1 Å². The molecule has 0 atom stereocenters. The van der Waals surface area contributed by atoms with Crippen LogP contribution in [0.2, 0.25) is 0 Å². The van der Waals surface area contributed by atoms with Crippen molar-refractivity contribution in [2.45, 2.75) is 13.5 Å². The van der Waals surface area contributed by atoms with Gasteiger partial charge in [0.15, 0.2) is 0 Å². The first kappa shape index (κ1) is 13.1. The van der Waals surface area contributed by atoms with Gasteiger partial charge in [-0.05, 0) is 12.5 Å². The first-order valence-electron chi connectivity index (χ1n) is 6.16. The molecule has 0 aliphatic carbocycles. The number of benzene rings is 1. The predicted molar refractivity (Wildman–Crippen MR) is 70.0 cm³/mol. The van der Waals surface area contributed by atoms with Crippen LogP contribution in [0, 0.1) is 12.3 Å². The molecule has 1 saturated heterocycles. The Hall–Kier alpha value is -1.39. The smallest absolute Gasteiger partial charge is 0.234 e. The average Bonchev–Trinajstić information content (AvgIpc) is 2.31. The number of nitrogens with zero attached hydrogens (tertiary/aromatic N) is 1. The average molecular weight is 248 g/mol. The summed E-state index contributed by atoms with van der Waals surface area (Å²) < 4.78 is 5.14. The summed E-state index contributed by atoms with van der Waals surface area (Å²) in [5.41, 5.74) is 7.56. The maximum atomic E-state index is 12.3. The van der Waals surface area contributed by atoms with Crippen molar-refractivity contribution >= 4 is 5.91 Å². The lowest BCUT2D eigenvalue weighted by Gasteiger charge is -2.41. The number of nitrogens with two attached hydrogens (primary N) is 1. The van der Waals surface area contributed by atoms with Gasteiger partial charge in [0.25, 0.3) is 0 Å². The third kappa shape index (κ3) is 2.40. The van der Waals surface area contributed by atoms with E-state index in [-0.39, 0.29) is 5.91 Å². The fraction of sp³-hybridized carbons (Fsp3) is 0.500. The maximum Gasteiger partial charge on any atom is 0.234 e. The van der Waals surface area contributed by atoms with Crippen LogP contribution in [0.4, 0.5) is 0 Å². The molecule has 2 N–H and O–H groups in total. The molecule has 4 heteroatoms. The van der Waals surface area contributed by atoms with E-state index in [4.69, 9.17) is 10.5 Å². The van der Waals surface area contributed by atoms with Crippen molar-refractivity contribution in [3.63, 3.8) is 0 Å². The summed E-state index contributed by atoms with van der Waals surface area (Å²) in [6.07, 6.45) is 0. The van der Waals surface area contributed by atoms with Crippen molar-refractivity contribution in [1.29, 1.82) is 0 Å². The number of carbonyl (C=O) groups is 1. The Morgan fingerprint density at radius 1 is 1.39 bits per heavy atom. The molecular weight excluding hydrogens is 228 g/mol. The normalized spacial score (nSPS) is 17.1. The van der Waals surface area contributed by atoms with Crippen LogP contribution in [0.1, 0.15) is 11.1 Å². The third-order valence-electron chi connectivity index (χ3n) is 3.49.